The van der Waals surface area contributed by atoms with E-state index < -0.39 is 11.6 Å². The van der Waals surface area contributed by atoms with Crippen LogP contribution < -0.4 is 0 Å². The molecule has 4 atom stereocenters. The molecule has 1 aromatic carbocycles. The second kappa shape index (κ2) is 9.13. The first-order valence-corrected chi connectivity index (χ1v) is 8.76. The monoisotopic (exact) mass is 348 g/mol. The van der Waals surface area contributed by atoms with E-state index in [4.69, 9.17) is 14.2 Å². The van der Waals surface area contributed by atoms with Crippen molar-refractivity contribution < 1.29 is 24.1 Å². The van der Waals surface area contributed by atoms with Crippen molar-refractivity contribution in [2.24, 2.45) is 5.92 Å². The lowest BCUT2D eigenvalue weighted by Crippen LogP contribution is -2.50. The Hall–Kier alpha value is -1.69. The first kappa shape index (κ1) is 19.6. The first-order chi connectivity index (χ1) is 12.1. The van der Waals surface area contributed by atoms with E-state index in [9.17, 15) is 9.90 Å². The van der Waals surface area contributed by atoms with Gasteiger partial charge < -0.3 is 19.3 Å². The molecule has 0 saturated carbocycles. The summed E-state index contributed by atoms with van der Waals surface area (Å²) in [6.45, 7) is 5.99. The quantitative estimate of drug-likeness (QED) is 0.549. The van der Waals surface area contributed by atoms with E-state index in [1.165, 1.54) is 0 Å². The van der Waals surface area contributed by atoms with Crippen LogP contribution in [0.3, 0.4) is 0 Å². The van der Waals surface area contributed by atoms with E-state index in [-0.39, 0.29) is 37.8 Å². The van der Waals surface area contributed by atoms with Crippen LogP contribution in [0.1, 0.15) is 37.9 Å². The lowest BCUT2D eigenvalue weighted by Gasteiger charge is -2.33. The highest BCUT2D eigenvalue weighted by Gasteiger charge is 2.53. The third-order valence-electron chi connectivity index (χ3n) is 4.76. The van der Waals surface area contributed by atoms with Gasteiger partial charge in [-0.05, 0) is 25.3 Å². The Labute approximate surface area is 149 Å². The largest absolute Gasteiger partial charge is 0.464 e. The molecule has 1 N–H and O–H groups in total. The molecule has 0 amide bonds. The number of hydrogen-bond acceptors (Lipinski definition) is 5. The van der Waals surface area contributed by atoms with Gasteiger partial charge in [-0.25, -0.2) is 4.79 Å². The van der Waals surface area contributed by atoms with Gasteiger partial charge in [-0.2, -0.15) is 0 Å². The van der Waals surface area contributed by atoms with Crippen molar-refractivity contribution in [2.75, 3.05) is 20.3 Å². The molecule has 1 aliphatic heterocycles. The molecule has 1 aliphatic rings. The van der Waals surface area contributed by atoms with Gasteiger partial charge in [-0.3, -0.25) is 0 Å². The van der Waals surface area contributed by atoms with Crippen molar-refractivity contribution >= 4 is 5.97 Å². The average Bonchev–Trinajstić information content (AvgIpc) is 3.05. The molecule has 1 aromatic rings. The summed E-state index contributed by atoms with van der Waals surface area (Å²) in [5.74, 6) is -0.992. The highest BCUT2D eigenvalue weighted by atomic mass is 16.6. The van der Waals surface area contributed by atoms with Crippen LogP contribution in [0.15, 0.2) is 43.0 Å². The molecule has 0 aliphatic carbocycles. The third-order valence-corrected chi connectivity index (χ3v) is 4.76. The Balaban J connectivity index is 2.29. The molecule has 1 saturated heterocycles. The van der Waals surface area contributed by atoms with Gasteiger partial charge in [-0.15, -0.1) is 6.58 Å². The molecule has 1 fully saturated rings. The molecular formula is C20H28O5. The number of ether oxygens (including phenoxy) is 3. The predicted molar refractivity (Wildman–Crippen MR) is 95.1 cm³/mol. The summed E-state index contributed by atoms with van der Waals surface area (Å²) in [6, 6.07) is 9.85. The Bertz CT molecular complexity index is 558. The average molecular weight is 348 g/mol. The standard InChI is InChI=1S/C20H28O5/c1-4-9-17-16(14-18(25-17)15-10-7-6-8-11-15)20(22,12-13-23-3)19(21)24-5-2/h4,6-8,10-11,16-18,22H,1,5,9,12-14H2,2-3H3/t16-,17+,18+,20+/m0/s1. The van der Waals surface area contributed by atoms with Gasteiger partial charge in [0.1, 0.15) is 0 Å². The van der Waals surface area contributed by atoms with Crippen molar-refractivity contribution in [3.63, 3.8) is 0 Å². The maximum atomic E-state index is 12.5. The molecule has 25 heavy (non-hydrogen) atoms. The van der Waals surface area contributed by atoms with E-state index in [0.717, 1.165) is 5.56 Å². The molecule has 138 valence electrons. The fraction of sp³-hybridized carbons (Fsp3) is 0.550. The van der Waals surface area contributed by atoms with E-state index >= 15 is 0 Å². The number of esters is 1. The summed E-state index contributed by atoms with van der Waals surface area (Å²) in [4.78, 5) is 12.5. The second-order valence-corrected chi connectivity index (χ2v) is 6.33. The fourth-order valence-corrected chi connectivity index (χ4v) is 3.47. The number of benzene rings is 1. The predicted octanol–water partition coefficient (Wildman–Crippen LogP) is 3.04. The Morgan fingerprint density at radius 2 is 2.16 bits per heavy atom. The molecular weight excluding hydrogens is 320 g/mol. The Morgan fingerprint density at radius 3 is 2.76 bits per heavy atom. The van der Waals surface area contributed by atoms with Gasteiger partial charge in [-0.1, -0.05) is 36.4 Å². The van der Waals surface area contributed by atoms with E-state index in [1.54, 1.807) is 20.1 Å². The first-order valence-electron chi connectivity index (χ1n) is 8.76. The van der Waals surface area contributed by atoms with Gasteiger partial charge in [0, 0.05) is 26.1 Å². The van der Waals surface area contributed by atoms with Gasteiger partial charge in [0.25, 0.3) is 0 Å². The second-order valence-electron chi connectivity index (χ2n) is 6.33. The van der Waals surface area contributed by atoms with Crippen molar-refractivity contribution in [3.05, 3.63) is 48.6 Å². The topological polar surface area (TPSA) is 65.0 Å². The number of carbonyl (C=O) groups is 1. The van der Waals surface area contributed by atoms with Crippen LogP contribution in [-0.2, 0) is 19.0 Å². The zero-order valence-electron chi connectivity index (χ0n) is 15.0. The van der Waals surface area contributed by atoms with Crippen LogP contribution in [0, 0.1) is 5.92 Å². The minimum absolute atomic E-state index is 0.167. The highest BCUT2D eigenvalue weighted by Crippen LogP contribution is 2.45. The van der Waals surface area contributed by atoms with Crippen molar-refractivity contribution in [1.82, 2.24) is 0 Å². The molecule has 0 unspecified atom stereocenters. The number of rotatable bonds is 9. The summed E-state index contributed by atoms with van der Waals surface area (Å²) in [6.07, 6.45) is 2.57. The molecule has 0 aromatic heterocycles. The van der Waals surface area contributed by atoms with Crippen LogP contribution in [0.5, 0.6) is 0 Å². The van der Waals surface area contributed by atoms with Gasteiger partial charge >= 0.3 is 5.97 Å². The zero-order valence-corrected chi connectivity index (χ0v) is 15.0. The smallest absolute Gasteiger partial charge is 0.338 e. The minimum atomic E-state index is -1.64. The molecule has 0 radical (unpaired) electrons. The Kier molecular flexibility index (Phi) is 7.17. The van der Waals surface area contributed by atoms with Gasteiger partial charge in [0.05, 0.1) is 18.8 Å². The zero-order chi connectivity index (χ0) is 18.3. The van der Waals surface area contributed by atoms with Crippen LogP contribution in [-0.4, -0.2) is 43.1 Å². The SMILES string of the molecule is C=CC[C@H]1O[C@@H](c2ccccc2)C[C@@H]1[C@](O)(CCOC)C(=O)OCC. The van der Waals surface area contributed by atoms with E-state index in [2.05, 4.69) is 6.58 Å². The van der Waals surface area contributed by atoms with Gasteiger partial charge in [0.15, 0.2) is 5.60 Å². The number of aliphatic hydroxyl groups is 1. The normalized spacial score (nSPS) is 25.3. The Morgan fingerprint density at radius 1 is 1.44 bits per heavy atom. The summed E-state index contributed by atoms with van der Waals surface area (Å²) < 4.78 is 16.4. The molecule has 5 heteroatoms. The van der Waals surface area contributed by atoms with Crippen molar-refractivity contribution in [1.29, 1.82) is 0 Å². The lowest BCUT2D eigenvalue weighted by molar-refractivity contribution is -0.176. The molecule has 0 spiro atoms. The minimum Gasteiger partial charge on any atom is -0.464 e. The van der Waals surface area contributed by atoms with Crippen molar-refractivity contribution in [3.8, 4) is 0 Å². The molecule has 1 heterocycles. The van der Waals surface area contributed by atoms with Crippen LogP contribution in [0.2, 0.25) is 0 Å². The maximum absolute atomic E-state index is 12.5. The number of hydrogen-bond donors (Lipinski definition) is 1. The van der Waals surface area contributed by atoms with E-state index in [0.29, 0.717) is 12.8 Å². The highest BCUT2D eigenvalue weighted by molar-refractivity contribution is 5.80. The van der Waals surface area contributed by atoms with Crippen LogP contribution in [0.25, 0.3) is 0 Å². The fourth-order valence-electron chi connectivity index (χ4n) is 3.47. The summed E-state index contributed by atoms with van der Waals surface area (Å²) >= 11 is 0. The third kappa shape index (κ3) is 4.48. The summed E-state index contributed by atoms with van der Waals surface area (Å²) in [5.41, 5.74) is -0.597. The van der Waals surface area contributed by atoms with Gasteiger partial charge in [0.2, 0.25) is 0 Å². The molecule has 0 bridgehead atoms. The maximum Gasteiger partial charge on any atom is 0.338 e. The van der Waals surface area contributed by atoms with Crippen molar-refractivity contribution in [2.45, 2.75) is 44.0 Å². The summed E-state index contributed by atoms with van der Waals surface area (Å²) in [5, 5.41) is 11.2. The molecule has 5 nitrogen and oxygen atoms in total. The lowest BCUT2D eigenvalue weighted by atomic mass is 9.78. The number of carbonyl (C=O) groups excluding carboxylic acids is 1. The van der Waals surface area contributed by atoms with E-state index in [1.807, 2.05) is 30.3 Å². The number of methoxy groups -OCH3 is 1. The van der Waals surface area contributed by atoms with Crippen LogP contribution >= 0.6 is 0 Å². The van der Waals surface area contributed by atoms with Crippen LogP contribution in [0.4, 0.5) is 0 Å². The summed E-state index contributed by atoms with van der Waals surface area (Å²) in [7, 11) is 1.55. The molecule has 2 rings (SSSR count).